The van der Waals surface area contributed by atoms with Gasteiger partial charge in [-0.05, 0) is 38.1 Å². The Bertz CT molecular complexity index is 675. The molecule has 1 aromatic carbocycles. The largest absolute Gasteiger partial charge is 0.496 e. The van der Waals surface area contributed by atoms with E-state index in [9.17, 15) is 9.90 Å². The minimum Gasteiger partial charge on any atom is -0.496 e. The van der Waals surface area contributed by atoms with Gasteiger partial charge in [0, 0.05) is 11.5 Å². The molecule has 0 aliphatic carbocycles. The standard InChI is InChI=1S/C15H16O4/c1-15(2,17)9-8-11-12(18-3)6-4-10-5-7-13(16)19-14(10)11/h4-9,17H,1-3H3/b9-8-. The molecule has 1 heterocycles. The van der Waals surface area contributed by atoms with Crippen molar-refractivity contribution < 1.29 is 14.3 Å². The first kappa shape index (κ1) is 13.4. The van der Waals surface area contributed by atoms with Crippen molar-refractivity contribution in [1.82, 2.24) is 0 Å². The quantitative estimate of drug-likeness (QED) is 0.862. The lowest BCUT2D eigenvalue weighted by molar-refractivity contribution is 0.134. The van der Waals surface area contributed by atoms with Crippen LogP contribution in [0.4, 0.5) is 0 Å². The van der Waals surface area contributed by atoms with E-state index in [-0.39, 0.29) is 0 Å². The Morgan fingerprint density at radius 2 is 1.95 bits per heavy atom. The maximum atomic E-state index is 11.4. The summed E-state index contributed by atoms with van der Waals surface area (Å²) in [6, 6.07) is 6.69. The first-order chi connectivity index (χ1) is 8.90. The van der Waals surface area contributed by atoms with Gasteiger partial charge in [0.2, 0.25) is 0 Å². The Labute approximate surface area is 110 Å². The van der Waals surface area contributed by atoms with Crippen LogP contribution in [0, 0.1) is 0 Å². The van der Waals surface area contributed by atoms with Gasteiger partial charge >= 0.3 is 5.63 Å². The van der Waals surface area contributed by atoms with Crippen LogP contribution in [0.1, 0.15) is 19.4 Å². The van der Waals surface area contributed by atoms with Crippen molar-refractivity contribution in [2.45, 2.75) is 19.4 Å². The summed E-state index contributed by atoms with van der Waals surface area (Å²) in [5.74, 6) is 0.586. The SMILES string of the molecule is COc1ccc2ccc(=O)oc2c1/C=C\C(C)(C)O. The van der Waals surface area contributed by atoms with Gasteiger partial charge in [-0.2, -0.15) is 0 Å². The van der Waals surface area contributed by atoms with Crippen molar-refractivity contribution in [3.05, 3.63) is 46.3 Å². The second kappa shape index (κ2) is 4.90. The Balaban J connectivity index is 2.70. The number of methoxy groups -OCH3 is 1. The molecule has 1 aromatic heterocycles. The smallest absolute Gasteiger partial charge is 0.336 e. The predicted octanol–water partition coefficient (Wildman–Crippen LogP) is 2.59. The third-order valence-corrected chi connectivity index (χ3v) is 2.67. The first-order valence-corrected chi connectivity index (χ1v) is 5.93. The Morgan fingerprint density at radius 3 is 2.58 bits per heavy atom. The van der Waals surface area contributed by atoms with Crippen molar-refractivity contribution >= 4 is 17.0 Å². The molecule has 0 amide bonds. The minimum atomic E-state index is -0.956. The van der Waals surface area contributed by atoms with Crippen LogP contribution in [0.3, 0.4) is 0 Å². The molecule has 0 aliphatic heterocycles. The topological polar surface area (TPSA) is 59.7 Å². The highest BCUT2D eigenvalue weighted by Gasteiger charge is 2.11. The van der Waals surface area contributed by atoms with Gasteiger partial charge in [-0.25, -0.2) is 4.79 Å². The molecule has 0 atom stereocenters. The van der Waals surface area contributed by atoms with Gasteiger partial charge < -0.3 is 14.3 Å². The molecule has 0 radical (unpaired) electrons. The highest BCUT2D eigenvalue weighted by atomic mass is 16.5. The number of benzene rings is 1. The van der Waals surface area contributed by atoms with Crippen molar-refractivity contribution in [2.24, 2.45) is 0 Å². The number of hydrogen-bond acceptors (Lipinski definition) is 4. The molecule has 4 heteroatoms. The third kappa shape index (κ3) is 3.03. The van der Waals surface area contributed by atoms with Crippen molar-refractivity contribution in [2.75, 3.05) is 7.11 Å². The molecule has 0 aliphatic rings. The Hall–Kier alpha value is -2.07. The highest BCUT2D eigenvalue weighted by molar-refractivity contribution is 5.88. The maximum absolute atomic E-state index is 11.4. The average molecular weight is 260 g/mol. The second-order valence-electron chi connectivity index (χ2n) is 4.84. The van der Waals surface area contributed by atoms with E-state index in [1.165, 1.54) is 6.07 Å². The Morgan fingerprint density at radius 1 is 1.26 bits per heavy atom. The van der Waals surface area contributed by atoms with Gasteiger partial charge in [0.15, 0.2) is 0 Å². The fourth-order valence-corrected chi connectivity index (χ4v) is 1.76. The van der Waals surface area contributed by atoms with E-state index in [1.807, 2.05) is 6.07 Å². The van der Waals surface area contributed by atoms with Gasteiger partial charge in [-0.3, -0.25) is 0 Å². The molecule has 1 N–H and O–H groups in total. The van der Waals surface area contributed by atoms with Crippen molar-refractivity contribution in [1.29, 1.82) is 0 Å². The molecular formula is C15H16O4. The van der Waals surface area contributed by atoms with E-state index in [0.717, 1.165) is 5.39 Å². The van der Waals surface area contributed by atoms with Crippen LogP contribution in [0.15, 0.2) is 39.6 Å². The molecule has 100 valence electrons. The fourth-order valence-electron chi connectivity index (χ4n) is 1.76. The van der Waals surface area contributed by atoms with E-state index in [4.69, 9.17) is 9.15 Å². The molecular weight excluding hydrogens is 244 g/mol. The summed E-state index contributed by atoms with van der Waals surface area (Å²) in [6.07, 6.45) is 3.32. The number of hydrogen-bond donors (Lipinski definition) is 1. The minimum absolute atomic E-state index is 0.418. The maximum Gasteiger partial charge on any atom is 0.336 e. The molecule has 0 fully saturated rings. The molecule has 0 saturated heterocycles. The molecule has 2 rings (SSSR count). The van der Waals surface area contributed by atoms with Gasteiger partial charge in [0.1, 0.15) is 11.3 Å². The molecule has 0 unspecified atom stereocenters. The van der Waals surface area contributed by atoms with E-state index in [2.05, 4.69) is 0 Å². The zero-order chi connectivity index (χ0) is 14.0. The zero-order valence-electron chi connectivity index (χ0n) is 11.1. The van der Waals surface area contributed by atoms with Gasteiger partial charge in [-0.15, -0.1) is 0 Å². The van der Waals surface area contributed by atoms with E-state index in [1.54, 1.807) is 45.2 Å². The molecule has 0 bridgehead atoms. The van der Waals surface area contributed by atoms with Gasteiger partial charge in [0.25, 0.3) is 0 Å². The Kier molecular flexibility index (Phi) is 3.44. The molecule has 19 heavy (non-hydrogen) atoms. The normalized spacial score (nSPS) is 12.2. The van der Waals surface area contributed by atoms with Crippen LogP contribution in [-0.2, 0) is 0 Å². The summed E-state index contributed by atoms with van der Waals surface area (Å²) in [5.41, 5.74) is -0.284. The first-order valence-electron chi connectivity index (χ1n) is 5.93. The summed E-state index contributed by atoms with van der Waals surface area (Å²) >= 11 is 0. The van der Waals surface area contributed by atoms with Crippen LogP contribution in [0.2, 0.25) is 0 Å². The number of rotatable bonds is 3. The summed E-state index contributed by atoms with van der Waals surface area (Å²) in [5, 5.41) is 10.6. The molecule has 2 aromatic rings. The molecule has 0 saturated carbocycles. The van der Waals surface area contributed by atoms with Crippen molar-refractivity contribution in [3.8, 4) is 5.75 Å². The van der Waals surface area contributed by atoms with Crippen molar-refractivity contribution in [3.63, 3.8) is 0 Å². The lowest BCUT2D eigenvalue weighted by Crippen LogP contribution is -2.13. The lowest BCUT2D eigenvalue weighted by Gasteiger charge is -2.12. The summed E-state index contributed by atoms with van der Waals surface area (Å²) in [7, 11) is 1.55. The molecule has 0 spiro atoms. The third-order valence-electron chi connectivity index (χ3n) is 2.67. The molecule has 4 nitrogen and oxygen atoms in total. The van der Waals surface area contributed by atoms with Crippen LogP contribution in [0.25, 0.3) is 17.0 Å². The summed E-state index contributed by atoms with van der Waals surface area (Å²) < 4.78 is 10.5. The average Bonchev–Trinajstić information content (AvgIpc) is 2.34. The number of aliphatic hydroxyl groups is 1. The van der Waals surface area contributed by atoms with Gasteiger partial charge in [-0.1, -0.05) is 6.08 Å². The summed E-state index contributed by atoms with van der Waals surface area (Å²) in [6.45, 7) is 3.33. The zero-order valence-corrected chi connectivity index (χ0v) is 11.1. The van der Waals surface area contributed by atoms with E-state index >= 15 is 0 Å². The fraction of sp³-hybridized carbons (Fsp3) is 0.267. The van der Waals surface area contributed by atoms with Gasteiger partial charge in [0.05, 0.1) is 18.3 Å². The number of ether oxygens (including phenoxy) is 1. The predicted molar refractivity (Wildman–Crippen MR) is 74.4 cm³/mol. The monoisotopic (exact) mass is 260 g/mol. The number of fused-ring (bicyclic) bond motifs is 1. The van der Waals surface area contributed by atoms with E-state index in [0.29, 0.717) is 16.9 Å². The van der Waals surface area contributed by atoms with Crippen LogP contribution < -0.4 is 10.4 Å². The van der Waals surface area contributed by atoms with E-state index < -0.39 is 11.2 Å². The second-order valence-corrected chi connectivity index (χ2v) is 4.84. The van der Waals surface area contributed by atoms with Crippen LogP contribution >= 0.6 is 0 Å². The van der Waals surface area contributed by atoms with Crippen LogP contribution in [-0.4, -0.2) is 17.8 Å². The summed E-state index contributed by atoms with van der Waals surface area (Å²) in [4.78, 5) is 11.4. The lowest BCUT2D eigenvalue weighted by atomic mass is 10.0. The highest BCUT2D eigenvalue weighted by Crippen LogP contribution is 2.29. The van der Waals surface area contributed by atoms with Crippen LogP contribution in [0.5, 0.6) is 5.75 Å².